The summed E-state index contributed by atoms with van der Waals surface area (Å²) < 4.78 is 15.9. The number of para-hydroxylation sites is 1. The highest BCUT2D eigenvalue weighted by Gasteiger charge is 2.26. The molecule has 0 unspecified atom stereocenters. The lowest BCUT2D eigenvalue weighted by atomic mass is 10.0. The van der Waals surface area contributed by atoms with E-state index in [2.05, 4.69) is 10.6 Å². The summed E-state index contributed by atoms with van der Waals surface area (Å²) in [5, 5.41) is 5.49. The van der Waals surface area contributed by atoms with Crippen molar-refractivity contribution < 1.29 is 23.8 Å². The third-order valence-corrected chi connectivity index (χ3v) is 4.73. The summed E-state index contributed by atoms with van der Waals surface area (Å²) >= 11 is 0. The van der Waals surface area contributed by atoms with E-state index in [4.69, 9.17) is 14.2 Å². The molecule has 156 valence electrons. The van der Waals surface area contributed by atoms with Gasteiger partial charge in [-0.15, -0.1) is 0 Å². The quantitative estimate of drug-likeness (QED) is 0.583. The van der Waals surface area contributed by atoms with Gasteiger partial charge in [0.15, 0.2) is 11.5 Å². The van der Waals surface area contributed by atoms with Gasteiger partial charge in [0.25, 0.3) is 5.91 Å². The maximum Gasteiger partial charge on any atom is 0.417 e. The fraction of sp³-hybridized carbons (Fsp3) is 0.0833. The van der Waals surface area contributed by atoms with Crippen molar-refractivity contribution in [2.45, 2.75) is 0 Å². The predicted molar refractivity (Wildman–Crippen MR) is 119 cm³/mol. The molecule has 0 saturated heterocycles. The van der Waals surface area contributed by atoms with Crippen LogP contribution in [0.1, 0.15) is 11.1 Å². The lowest BCUT2D eigenvalue weighted by Crippen LogP contribution is -2.16. The van der Waals surface area contributed by atoms with Crippen LogP contribution in [0.4, 0.5) is 16.2 Å². The van der Waals surface area contributed by atoms with E-state index in [-0.39, 0.29) is 5.91 Å². The van der Waals surface area contributed by atoms with Crippen molar-refractivity contribution in [3.05, 3.63) is 77.9 Å². The molecule has 31 heavy (non-hydrogen) atoms. The van der Waals surface area contributed by atoms with Gasteiger partial charge >= 0.3 is 6.09 Å². The Morgan fingerprint density at radius 2 is 1.61 bits per heavy atom. The van der Waals surface area contributed by atoms with Gasteiger partial charge in [-0.25, -0.2) is 4.79 Å². The maximum atomic E-state index is 12.5. The van der Waals surface area contributed by atoms with Crippen LogP contribution in [0.2, 0.25) is 0 Å². The van der Waals surface area contributed by atoms with Crippen LogP contribution in [-0.4, -0.2) is 26.2 Å². The van der Waals surface area contributed by atoms with E-state index < -0.39 is 6.09 Å². The molecule has 0 spiro atoms. The van der Waals surface area contributed by atoms with Gasteiger partial charge in [0.1, 0.15) is 5.75 Å². The minimum Gasteiger partial charge on any atom is -0.493 e. The molecule has 1 heterocycles. The van der Waals surface area contributed by atoms with Gasteiger partial charge in [0, 0.05) is 22.9 Å². The van der Waals surface area contributed by atoms with Crippen LogP contribution in [0.25, 0.3) is 11.6 Å². The van der Waals surface area contributed by atoms with Crippen LogP contribution in [-0.2, 0) is 4.79 Å². The van der Waals surface area contributed by atoms with E-state index in [9.17, 15) is 9.59 Å². The Hall–Kier alpha value is -4.26. The van der Waals surface area contributed by atoms with Gasteiger partial charge < -0.3 is 19.5 Å². The molecule has 0 radical (unpaired) electrons. The molecule has 0 atom stereocenters. The van der Waals surface area contributed by atoms with E-state index in [1.807, 2.05) is 18.2 Å². The molecule has 7 heteroatoms. The summed E-state index contributed by atoms with van der Waals surface area (Å²) in [4.78, 5) is 24.5. The molecule has 1 aliphatic rings. The number of hydrogen-bond donors (Lipinski definition) is 2. The van der Waals surface area contributed by atoms with Crippen molar-refractivity contribution in [2.24, 2.45) is 0 Å². The Labute approximate surface area is 179 Å². The summed E-state index contributed by atoms with van der Waals surface area (Å²) in [6, 6.07) is 19.4. The SMILES string of the molecule is COc1cc2c(cc1OC)C(=Cc1ccc(OC(=O)Nc3ccccc3)cc1)C(=O)N2. The smallest absolute Gasteiger partial charge is 0.417 e. The standard InChI is InChI=1S/C24H20N2O5/c1-29-21-13-18-19(23(27)26-20(18)14-22(21)30-2)12-15-8-10-17(11-9-15)31-24(28)25-16-6-4-3-5-7-16/h3-14H,1-2H3,(H,25,28)(H,26,27). The maximum absolute atomic E-state index is 12.5. The number of methoxy groups -OCH3 is 2. The van der Waals surface area contributed by atoms with Crippen molar-refractivity contribution in [3.8, 4) is 17.2 Å². The second kappa shape index (κ2) is 8.62. The monoisotopic (exact) mass is 416 g/mol. The number of anilines is 2. The van der Waals surface area contributed by atoms with Gasteiger partial charge in [0.05, 0.1) is 19.9 Å². The molecule has 0 saturated carbocycles. The molecule has 0 aromatic heterocycles. The molecule has 0 bridgehead atoms. The van der Waals surface area contributed by atoms with E-state index in [0.717, 1.165) is 11.1 Å². The molecule has 0 fully saturated rings. The zero-order chi connectivity index (χ0) is 21.8. The molecule has 3 aromatic carbocycles. The Morgan fingerprint density at radius 3 is 2.29 bits per heavy atom. The summed E-state index contributed by atoms with van der Waals surface area (Å²) in [6.45, 7) is 0. The van der Waals surface area contributed by atoms with Crippen LogP contribution in [0, 0.1) is 0 Å². The van der Waals surface area contributed by atoms with Crippen molar-refractivity contribution in [1.82, 2.24) is 0 Å². The first-order chi connectivity index (χ1) is 15.1. The van der Waals surface area contributed by atoms with Crippen LogP contribution in [0.5, 0.6) is 17.2 Å². The van der Waals surface area contributed by atoms with Crippen LogP contribution in [0.3, 0.4) is 0 Å². The largest absolute Gasteiger partial charge is 0.493 e. The Morgan fingerprint density at radius 1 is 0.935 bits per heavy atom. The number of benzene rings is 3. The average molecular weight is 416 g/mol. The first-order valence-corrected chi connectivity index (χ1v) is 9.51. The van der Waals surface area contributed by atoms with Crippen LogP contribution >= 0.6 is 0 Å². The lowest BCUT2D eigenvalue weighted by Gasteiger charge is -2.09. The number of ether oxygens (including phenoxy) is 3. The van der Waals surface area contributed by atoms with Crippen molar-refractivity contribution in [2.75, 3.05) is 24.9 Å². The second-order valence-corrected chi connectivity index (χ2v) is 6.71. The molecule has 7 nitrogen and oxygen atoms in total. The molecule has 4 rings (SSSR count). The number of rotatable bonds is 5. The molecular weight excluding hydrogens is 396 g/mol. The Bertz CT molecular complexity index is 1150. The fourth-order valence-electron chi connectivity index (χ4n) is 3.23. The number of carbonyl (C=O) groups excluding carboxylic acids is 2. The number of hydrogen-bond acceptors (Lipinski definition) is 5. The van der Waals surface area contributed by atoms with Crippen molar-refractivity contribution in [3.63, 3.8) is 0 Å². The lowest BCUT2D eigenvalue weighted by molar-refractivity contribution is -0.110. The van der Waals surface area contributed by atoms with Crippen molar-refractivity contribution in [1.29, 1.82) is 0 Å². The summed E-state index contributed by atoms with van der Waals surface area (Å²) in [7, 11) is 3.09. The van der Waals surface area contributed by atoms with Gasteiger partial charge in [-0.05, 0) is 42.0 Å². The Balaban J connectivity index is 1.51. The van der Waals surface area contributed by atoms with Gasteiger partial charge in [-0.2, -0.15) is 0 Å². The summed E-state index contributed by atoms with van der Waals surface area (Å²) in [5.74, 6) is 1.25. The molecular formula is C24H20N2O5. The molecule has 1 aliphatic heterocycles. The highest BCUT2D eigenvalue weighted by atomic mass is 16.6. The van der Waals surface area contributed by atoms with E-state index in [0.29, 0.717) is 34.2 Å². The predicted octanol–water partition coefficient (Wildman–Crippen LogP) is 4.81. The number of nitrogens with one attached hydrogen (secondary N) is 2. The minimum atomic E-state index is -0.581. The highest BCUT2D eigenvalue weighted by molar-refractivity contribution is 6.35. The second-order valence-electron chi connectivity index (χ2n) is 6.71. The van der Waals surface area contributed by atoms with Crippen molar-refractivity contribution >= 4 is 35.0 Å². The molecule has 3 aromatic rings. The average Bonchev–Trinajstić information content (AvgIpc) is 3.08. The van der Waals surface area contributed by atoms with E-state index >= 15 is 0 Å². The normalized spacial score (nSPS) is 13.4. The van der Waals surface area contributed by atoms with Crippen LogP contribution < -0.4 is 24.8 Å². The third-order valence-electron chi connectivity index (χ3n) is 4.73. The minimum absolute atomic E-state index is 0.215. The zero-order valence-electron chi connectivity index (χ0n) is 17.0. The first kappa shape index (κ1) is 20.0. The number of carbonyl (C=O) groups is 2. The number of amides is 2. The summed E-state index contributed by atoms with van der Waals surface area (Å²) in [6.07, 6.45) is 1.18. The van der Waals surface area contributed by atoms with E-state index in [1.165, 1.54) is 0 Å². The topological polar surface area (TPSA) is 85.9 Å². The zero-order valence-corrected chi connectivity index (χ0v) is 17.0. The van der Waals surface area contributed by atoms with E-state index in [1.54, 1.807) is 68.8 Å². The van der Waals surface area contributed by atoms with Crippen LogP contribution in [0.15, 0.2) is 66.7 Å². The number of fused-ring (bicyclic) bond motifs is 1. The first-order valence-electron chi connectivity index (χ1n) is 9.51. The van der Waals surface area contributed by atoms with Gasteiger partial charge in [0.2, 0.25) is 0 Å². The Kier molecular flexibility index (Phi) is 5.57. The highest BCUT2D eigenvalue weighted by Crippen LogP contribution is 2.41. The molecule has 2 amide bonds. The fourth-order valence-corrected chi connectivity index (χ4v) is 3.23. The summed E-state index contributed by atoms with van der Waals surface area (Å²) in [5.41, 5.74) is 3.32. The van der Waals surface area contributed by atoms with Gasteiger partial charge in [-0.3, -0.25) is 10.1 Å². The van der Waals surface area contributed by atoms with Gasteiger partial charge in [-0.1, -0.05) is 30.3 Å². The third kappa shape index (κ3) is 4.35. The molecule has 0 aliphatic carbocycles. The molecule has 2 N–H and O–H groups in total.